The molecular weight excluding hydrogens is 450 g/mol. The second kappa shape index (κ2) is 10.1. The predicted octanol–water partition coefficient (Wildman–Crippen LogP) is 2.48. The number of amides is 2. The van der Waals surface area contributed by atoms with Crippen LogP contribution in [0, 0.1) is 0 Å². The third-order valence-electron chi connectivity index (χ3n) is 5.52. The van der Waals surface area contributed by atoms with Crippen LogP contribution in [0.15, 0.2) is 54.9 Å². The molecular formula is C25H25N5O5. The Bertz CT molecular complexity index is 1340. The molecule has 4 N–H and O–H groups in total. The fourth-order valence-electron chi connectivity index (χ4n) is 3.81. The monoisotopic (exact) mass is 475 g/mol. The van der Waals surface area contributed by atoms with E-state index in [0.29, 0.717) is 45.2 Å². The maximum absolute atomic E-state index is 13.2. The van der Waals surface area contributed by atoms with Crippen molar-refractivity contribution in [2.45, 2.75) is 12.5 Å². The lowest BCUT2D eigenvalue weighted by molar-refractivity contribution is -0.119. The number of carbonyl (C=O) groups is 2. The molecule has 0 saturated carbocycles. The smallest absolute Gasteiger partial charge is 0.254 e. The number of nitrogens with one attached hydrogen (secondary N) is 2. The van der Waals surface area contributed by atoms with Crippen LogP contribution < -0.4 is 25.3 Å². The fraction of sp³-hybridized carbons (Fsp3) is 0.200. The maximum Gasteiger partial charge on any atom is 0.254 e. The average Bonchev–Trinajstić information content (AvgIpc) is 3.32. The fourth-order valence-corrected chi connectivity index (χ4v) is 3.81. The highest BCUT2D eigenvalue weighted by Gasteiger charge is 2.23. The average molecular weight is 476 g/mol. The molecule has 10 heteroatoms. The number of methoxy groups -OCH3 is 3. The zero-order valence-electron chi connectivity index (χ0n) is 19.5. The van der Waals surface area contributed by atoms with Crippen LogP contribution in [-0.2, 0) is 11.2 Å². The number of nitrogens with zero attached hydrogens (tertiary/aromatic N) is 2. The van der Waals surface area contributed by atoms with Gasteiger partial charge in [0, 0.05) is 24.4 Å². The quantitative estimate of drug-likeness (QED) is 0.338. The van der Waals surface area contributed by atoms with E-state index in [1.54, 1.807) is 36.7 Å². The van der Waals surface area contributed by atoms with Gasteiger partial charge in [-0.05, 0) is 42.0 Å². The van der Waals surface area contributed by atoms with Gasteiger partial charge >= 0.3 is 0 Å². The van der Waals surface area contributed by atoms with Gasteiger partial charge in [0.2, 0.25) is 11.7 Å². The molecule has 2 aromatic heterocycles. The molecule has 2 amide bonds. The number of aromatic nitrogens is 3. The Morgan fingerprint density at radius 2 is 1.71 bits per heavy atom. The van der Waals surface area contributed by atoms with Gasteiger partial charge in [0.25, 0.3) is 5.91 Å². The lowest BCUT2D eigenvalue weighted by atomic mass is 10.0. The van der Waals surface area contributed by atoms with Gasteiger partial charge in [0.1, 0.15) is 17.4 Å². The van der Waals surface area contributed by atoms with Gasteiger partial charge in [0.05, 0.1) is 32.4 Å². The van der Waals surface area contributed by atoms with Crippen molar-refractivity contribution in [3.63, 3.8) is 0 Å². The van der Waals surface area contributed by atoms with Crippen LogP contribution in [0.1, 0.15) is 15.9 Å². The van der Waals surface area contributed by atoms with Crippen LogP contribution in [0.25, 0.3) is 22.4 Å². The first-order valence-corrected chi connectivity index (χ1v) is 10.7. The number of ether oxygens (including phenoxy) is 3. The van der Waals surface area contributed by atoms with Gasteiger partial charge in [-0.1, -0.05) is 6.07 Å². The summed E-state index contributed by atoms with van der Waals surface area (Å²) in [6.45, 7) is 0. The van der Waals surface area contributed by atoms with Crippen LogP contribution in [0.5, 0.6) is 17.2 Å². The first-order chi connectivity index (χ1) is 16.9. The topological polar surface area (TPSA) is 141 Å². The van der Waals surface area contributed by atoms with E-state index in [9.17, 15) is 9.59 Å². The number of nitrogens with two attached hydrogens (primary N) is 1. The number of primary amides is 1. The number of hydrogen-bond donors (Lipinski definition) is 3. The summed E-state index contributed by atoms with van der Waals surface area (Å²) in [6.07, 6.45) is 3.45. The normalized spacial score (nSPS) is 11.6. The van der Waals surface area contributed by atoms with Crippen molar-refractivity contribution >= 4 is 22.8 Å². The summed E-state index contributed by atoms with van der Waals surface area (Å²) in [5.74, 6) is 0.737. The molecule has 1 atom stereocenters. The summed E-state index contributed by atoms with van der Waals surface area (Å²) in [7, 11) is 4.50. The first-order valence-electron chi connectivity index (χ1n) is 10.7. The molecule has 0 saturated heterocycles. The zero-order chi connectivity index (χ0) is 24.9. The molecule has 2 heterocycles. The van der Waals surface area contributed by atoms with Crippen LogP contribution >= 0.6 is 0 Å². The van der Waals surface area contributed by atoms with Crippen molar-refractivity contribution in [1.82, 2.24) is 20.3 Å². The minimum atomic E-state index is -0.987. The van der Waals surface area contributed by atoms with Gasteiger partial charge in [-0.3, -0.25) is 14.6 Å². The first kappa shape index (κ1) is 23.6. The van der Waals surface area contributed by atoms with Crippen LogP contribution in [0.2, 0.25) is 0 Å². The molecule has 35 heavy (non-hydrogen) atoms. The van der Waals surface area contributed by atoms with Crippen molar-refractivity contribution in [1.29, 1.82) is 0 Å². The Kier molecular flexibility index (Phi) is 6.81. The SMILES string of the molecule is COc1cc(CC(NC(=O)c2cccc3[nH]c(-c4ccncc4)nc23)C(N)=O)cc(OC)c1OC. The minimum absolute atomic E-state index is 0.122. The summed E-state index contributed by atoms with van der Waals surface area (Å²) in [4.78, 5) is 37.3. The summed E-state index contributed by atoms with van der Waals surface area (Å²) >= 11 is 0. The largest absolute Gasteiger partial charge is 0.493 e. The highest BCUT2D eigenvalue weighted by Crippen LogP contribution is 2.38. The third kappa shape index (κ3) is 4.86. The number of fused-ring (bicyclic) bond motifs is 1. The van der Waals surface area contributed by atoms with Gasteiger partial charge in [-0.15, -0.1) is 0 Å². The summed E-state index contributed by atoms with van der Waals surface area (Å²) in [5.41, 5.74) is 8.61. The summed E-state index contributed by atoms with van der Waals surface area (Å²) < 4.78 is 16.1. The van der Waals surface area contributed by atoms with Crippen molar-refractivity contribution in [2.24, 2.45) is 5.73 Å². The Morgan fingerprint density at radius 1 is 1.03 bits per heavy atom. The van der Waals surface area contributed by atoms with E-state index in [4.69, 9.17) is 19.9 Å². The molecule has 0 fully saturated rings. The van der Waals surface area contributed by atoms with Crippen LogP contribution in [-0.4, -0.2) is 54.1 Å². The second-order valence-corrected chi connectivity index (χ2v) is 7.69. The lowest BCUT2D eigenvalue weighted by Crippen LogP contribution is -2.45. The molecule has 0 radical (unpaired) electrons. The number of pyridine rings is 1. The molecule has 0 bridgehead atoms. The molecule has 4 rings (SSSR count). The van der Waals surface area contributed by atoms with Gasteiger partial charge in [-0.25, -0.2) is 4.98 Å². The second-order valence-electron chi connectivity index (χ2n) is 7.69. The van der Waals surface area contributed by atoms with E-state index >= 15 is 0 Å². The Balaban J connectivity index is 1.62. The molecule has 1 unspecified atom stereocenters. The number of carbonyl (C=O) groups excluding carboxylic acids is 2. The zero-order valence-corrected chi connectivity index (χ0v) is 19.5. The highest BCUT2D eigenvalue weighted by atomic mass is 16.5. The number of aromatic amines is 1. The molecule has 10 nitrogen and oxygen atoms in total. The summed E-state index contributed by atoms with van der Waals surface area (Å²) in [6, 6.07) is 11.3. The van der Waals surface area contributed by atoms with E-state index in [2.05, 4.69) is 20.3 Å². The molecule has 0 aliphatic carbocycles. The van der Waals surface area contributed by atoms with Crippen LogP contribution in [0.4, 0.5) is 0 Å². The Labute approximate surface area is 201 Å². The van der Waals surface area contributed by atoms with E-state index in [1.807, 2.05) is 18.2 Å². The van der Waals surface area contributed by atoms with Crippen LogP contribution in [0.3, 0.4) is 0 Å². The van der Waals surface area contributed by atoms with Crippen molar-refractivity contribution in [3.05, 3.63) is 66.0 Å². The van der Waals surface area contributed by atoms with E-state index in [-0.39, 0.29) is 6.42 Å². The number of para-hydroxylation sites is 1. The molecule has 0 spiro atoms. The van der Waals surface area contributed by atoms with E-state index < -0.39 is 17.9 Å². The van der Waals surface area contributed by atoms with Crippen molar-refractivity contribution in [2.75, 3.05) is 21.3 Å². The summed E-state index contributed by atoms with van der Waals surface area (Å²) in [5, 5.41) is 2.74. The predicted molar refractivity (Wildman–Crippen MR) is 130 cm³/mol. The number of H-pyrrole nitrogens is 1. The van der Waals surface area contributed by atoms with Gasteiger partial charge < -0.3 is 30.2 Å². The number of rotatable bonds is 9. The van der Waals surface area contributed by atoms with Crippen molar-refractivity contribution < 1.29 is 23.8 Å². The van der Waals surface area contributed by atoms with Gasteiger partial charge in [0.15, 0.2) is 11.5 Å². The number of hydrogen-bond acceptors (Lipinski definition) is 7. The molecule has 0 aliphatic rings. The van der Waals surface area contributed by atoms with E-state index in [0.717, 1.165) is 5.56 Å². The van der Waals surface area contributed by atoms with Crippen molar-refractivity contribution in [3.8, 4) is 28.6 Å². The maximum atomic E-state index is 13.2. The molecule has 4 aromatic rings. The molecule has 2 aromatic carbocycles. The van der Waals surface area contributed by atoms with Gasteiger partial charge in [-0.2, -0.15) is 0 Å². The third-order valence-corrected chi connectivity index (χ3v) is 5.52. The Hall–Kier alpha value is -4.60. The molecule has 180 valence electrons. The highest BCUT2D eigenvalue weighted by molar-refractivity contribution is 6.06. The van der Waals surface area contributed by atoms with E-state index in [1.165, 1.54) is 21.3 Å². The Morgan fingerprint density at radius 3 is 2.31 bits per heavy atom. The number of imidazole rings is 1. The lowest BCUT2D eigenvalue weighted by Gasteiger charge is -2.18. The molecule has 0 aliphatic heterocycles. The minimum Gasteiger partial charge on any atom is -0.493 e. The number of benzene rings is 2. The standard InChI is InChI=1S/C25H25N5O5/c1-33-19-12-14(13-20(34-2)22(19)35-3)11-18(23(26)31)29-25(32)16-5-4-6-17-21(16)30-24(28-17)15-7-9-27-10-8-15/h4-10,12-13,18H,11H2,1-3H3,(H2,26,31)(H,28,30)(H,29,32).